The van der Waals surface area contributed by atoms with Crippen molar-refractivity contribution >= 4 is 33.0 Å². The van der Waals surface area contributed by atoms with Gasteiger partial charge < -0.3 is 5.32 Å². The minimum Gasteiger partial charge on any atom is -0.381 e. The molecule has 0 saturated carbocycles. The van der Waals surface area contributed by atoms with Crippen molar-refractivity contribution < 1.29 is 8.42 Å². The molecule has 2 N–H and O–H groups in total. The molecule has 0 bridgehead atoms. The van der Waals surface area contributed by atoms with E-state index in [1.54, 1.807) is 32.9 Å². The summed E-state index contributed by atoms with van der Waals surface area (Å²) in [6, 6.07) is 14.8. The largest absolute Gasteiger partial charge is 0.381 e. The SMILES string of the molecule is CC(C)(C)S(=O)(=O)Nc1ccc(CNc2ccc(Cl)cc2)cc1. The van der Waals surface area contributed by atoms with Crippen molar-refractivity contribution in [3.8, 4) is 0 Å². The van der Waals surface area contributed by atoms with Crippen molar-refractivity contribution in [3.63, 3.8) is 0 Å². The first-order valence-electron chi connectivity index (χ1n) is 7.28. The average molecular weight is 353 g/mol. The summed E-state index contributed by atoms with van der Waals surface area (Å²) in [5, 5.41) is 3.98. The van der Waals surface area contributed by atoms with Crippen LogP contribution in [0, 0.1) is 0 Å². The van der Waals surface area contributed by atoms with E-state index in [0.29, 0.717) is 17.3 Å². The first-order valence-corrected chi connectivity index (χ1v) is 9.14. The Hall–Kier alpha value is -1.72. The van der Waals surface area contributed by atoms with Crippen LogP contribution >= 0.6 is 11.6 Å². The first kappa shape index (κ1) is 17.6. The van der Waals surface area contributed by atoms with Crippen molar-refractivity contribution in [3.05, 3.63) is 59.1 Å². The van der Waals surface area contributed by atoms with E-state index < -0.39 is 14.8 Å². The van der Waals surface area contributed by atoms with Crippen molar-refractivity contribution in [2.45, 2.75) is 32.1 Å². The van der Waals surface area contributed by atoms with Crippen LogP contribution in [0.25, 0.3) is 0 Å². The van der Waals surface area contributed by atoms with E-state index in [1.165, 1.54) is 0 Å². The molecule has 2 aromatic rings. The van der Waals surface area contributed by atoms with Crippen LogP contribution in [0.2, 0.25) is 5.02 Å². The Morgan fingerprint density at radius 3 is 1.96 bits per heavy atom. The molecule has 0 amide bonds. The molecule has 0 radical (unpaired) electrons. The third-order valence-electron chi connectivity index (χ3n) is 3.35. The van der Waals surface area contributed by atoms with Gasteiger partial charge in [-0.25, -0.2) is 8.42 Å². The molecule has 0 unspecified atom stereocenters. The van der Waals surface area contributed by atoms with Crippen LogP contribution in [0.1, 0.15) is 26.3 Å². The predicted molar refractivity (Wildman–Crippen MR) is 97.5 cm³/mol. The maximum absolute atomic E-state index is 12.1. The fraction of sp³-hybridized carbons (Fsp3) is 0.294. The predicted octanol–water partition coefficient (Wildman–Crippen LogP) is 4.49. The molecule has 0 spiro atoms. The van der Waals surface area contributed by atoms with Crippen LogP contribution in [-0.4, -0.2) is 13.2 Å². The minimum absolute atomic E-state index is 0.565. The van der Waals surface area contributed by atoms with Crippen LogP contribution < -0.4 is 10.0 Å². The lowest BCUT2D eigenvalue weighted by atomic mass is 10.2. The second-order valence-corrected chi connectivity index (χ2v) is 9.15. The number of benzene rings is 2. The normalized spacial score (nSPS) is 12.0. The van der Waals surface area contributed by atoms with Gasteiger partial charge in [-0.05, 0) is 62.7 Å². The quantitative estimate of drug-likeness (QED) is 0.833. The van der Waals surface area contributed by atoms with Gasteiger partial charge in [0.15, 0.2) is 0 Å². The van der Waals surface area contributed by atoms with Gasteiger partial charge in [-0.3, -0.25) is 4.72 Å². The van der Waals surface area contributed by atoms with Gasteiger partial charge in [0.1, 0.15) is 0 Å². The highest BCUT2D eigenvalue weighted by molar-refractivity contribution is 7.94. The maximum atomic E-state index is 12.1. The third-order valence-corrected chi connectivity index (χ3v) is 5.72. The van der Waals surface area contributed by atoms with E-state index in [1.807, 2.05) is 36.4 Å². The molecule has 6 heteroatoms. The molecule has 23 heavy (non-hydrogen) atoms. The second kappa shape index (κ2) is 6.81. The van der Waals surface area contributed by atoms with Gasteiger partial charge >= 0.3 is 0 Å². The summed E-state index contributed by atoms with van der Waals surface area (Å²) in [6.45, 7) is 5.65. The summed E-state index contributed by atoms with van der Waals surface area (Å²) < 4.78 is 26.0. The molecule has 2 rings (SSSR count). The molecule has 4 nitrogen and oxygen atoms in total. The number of anilines is 2. The zero-order valence-electron chi connectivity index (χ0n) is 13.4. The van der Waals surface area contributed by atoms with Gasteiger partial charge in [0.2, 0.25) is 10.0 Å². The molecule has 2 aromatic carbocycles. The summed E-state index contributed by atoms with van der Waals surface area (Å²) >= 11 is 5.85. The van der Waals surface area contributed by atoms with Crippen LogP contribution in [-0.2, 0) is 16.6 Å². The Morgan fingerprint density at radius 2 is 1.43 bits per heavy atom. The molecular weight excluding hydrogens is 332 g/mol. The number of nitrogens with one attached hydrogen (secondary N) is 2. The van der Waals surface area contributed by atoms with Gasteiger partial charge in [0.05, 0.1) is 4.75 Å². The van der Waals surface area contributed by atoms with Gasteiger partial charge in [-0.2, -0.15) is 0 Å². The highest BCUT2D eigenvalue weighted by atomic mass is 35.5. The number of hydrogen-bond acceptors (Lipinski definition) is 3. The van der Waals surface area contributed by atoms with E-state index in [2.05, 4.69) is 10.0 Å². The monoisotopic (exact) mass is 352 g/mol. The maximum Gasteiger partial charge on any atom is 0.237 e. The summed E-state index contributed by atoms with van der Waals surface area (Å²) in [6.07, 6.45) is 0. The van der Waals surface area contributed by atoms with E-state index in [-0.39, 0.29) is 0 Å². The van der Waals surface area contributed by atoms with Crippen molar-refractivity contribution in [1.82, 2.24) is 0 Å². The lowest BCUT2D eigenvalue weighted by molar-refractivity contribution is 0.566. The van der Waals surface area contributed by atoms with Gasteiger partial charge in [0, 0.05) is 22.9 Å². The van der Waals surface area contributed by atoms with Crippen molar-refractivity contribution in [2.75, 3.05) is 10.0 Å². The Morgan fingerprint density at radius 1 is 0.913 bits per heavy atom. The highest BCUT2D eigenvalue weighted by Gasteiger charge is 2.28. The Balaban J connectivity index is 1.98. The fourth-order valence-electron chi connectivity index (χ4n) is 1.77. The van der Waals surface area contributed by atoms with Crippen LogP contribution in [0.4, 0.5) is 11.4 Å². The van der Waals surface area contributed by atoms with E-state index in [0.717, 1.165) is 11.3 Å². The number of rotatable bonds is 5. The summed E-state index contributed by atoms with van der Waals surface area (Å²) in [5.41, 5.74) is 2.60. The molecule has 0 aliphatic heterocycles. The lowest BCUT2D eigenvalue weighted by Crippen LogP contribution is -2.33. The van der Waals surface area contributed by atoms with Crippen LogP contribution in [0.3, 0.4) is 0 Å². The lowest BCUT2D eigenvalue weighted by Gasteiger charge is -2.20. The molecule has 0 aliphatic rings. The summed E-state index contributed by atoms with van der Waals surface area (Å²) in [5.74, 6) is 0. The second-order valence-electron chi connectivity index (χ2n) is 6.28. The van der Waals surface area contributed by atoms with Gasteiger partial charge in [-0.15, -0.1) is 0 Å². The summed E-state index contributed by atoms with van der Waals surface area (Å²) in [4.78, 5) is 0. The first-order chi connectivity index (χ1) is 10.7. The van der Waals surface area contributed by atoms with E-state index in [4.69, 9.17) is 11.6 Å². The molecule has 0 fully saturated rings. The average Bonchev–Trinajstić information content (AvgIpc) is 2.47. The Labute approximate surface area is 142 Å². The number of halogens is 1. The molecular formula is C17H21ClN2O2S. The van der Waals surface area contributed by atoms with E-state index >= 15 is 0 Å². The molecule has 0 heterocycles. The van der Waals surface area contributed by atoms with Gasteiger partial charge in [0.25, 0.3) is 0 Å². The minimum atomic E-state index is -3.40. The van der Waals surface area contributed by atoms with Gasteiger partial charge in [-0.1, -0.05) is 23.7 Å². The molecule has 0 aliphatic carbocycles. The van der Waals surface area contributed by atoms with Crippen molar-refractivity contribution in [1.29, 1.82) is 0 Å². The molecule has 124 valence electrons. The molecule has 0 aromatic heterocycles. The topological polar surface area (TPSA) is 58.2 Å². The standard InChI is InChI=1S/C17H21ClN2O2S/c1-17(2,3)23(21,22)20-16-8-4-13(5-9-16)12-19-15-10-6-14(18)7-11-15/h4-11,19-20H,12H2,1-3H3. The highest BCUT2D eigenvalue weighted by Crippen LogP contribution is 2.20. The summed E-state index contributed by atoms with van der Waals surface area (Å²) in [7, 11) is -3.40. The number of sulfonamides is 1. The molecule has 0 atom stereocenters. The van der Waals surface area contributed by atoms with Crippen molar-refractivity contribution in [2.24, 2.45) is 0 Å². The zero-order chi connectivity index (χ0) is 17.1. The Kier molecular flexibility index (Phi) is 5.22. The molecule has 0 saturated heterocycles. The number of hydrogen-bond donors (Lipinski definition) is 2. The van der Waals surface area contributed by atoms with Crippen LogP contribution in [0.15, 0.2) is 48.5 Å². The third kappa shape index (κ3) is 4.88. The smallest absolute Gasteiger partial charge is 0.237 e. The Bertz CT molecular complexity index is 749. The zero-order valence-corrected chi connectivity index (χ0v) is 15.0. The fourth-order valence-corrected chi connectivity index (χ4v) is 2.65. The van der Waals surface area contributed by atoms with Crippen LogP contribution in [0.5, 0.6) is 0 Å². The van der Waals surface area contributed by atoms with E-state index in [9.17, 15) is 8.42 Å².